The molecule has 0 atom stereocenters. The molecule has 15 heavy (non-hydrogen) atoms. The molecule has 0 aromatic carbocycles. The van der Waals surface area contributed by atoms with Crippen molar-refractivity contribution >= 4 is 24.4 Å². The van der Waals surface area contributed by atoms with Crippen molar-refractivity contribution in [3.63, 3.8) is 0 Å². The van der Waals surface area contributed by atoms with E-state index in [9.17, 15) is 0 Å². The Labute approximate surface area is 96.4 Å². The van der Waals surface area contributed by atoms with E-state index in [1.165, 1.54) is 0 Å². The molecule has 0 bridgehead atoms. The average molecular weight is 236 g/mol. The number of aromatic amines is 2. The second-order valence-electron chi connectivity index (χ2n) is 2.98. The Morgan fingerprint density at radius 1 is 0.933 bits per heavy atom. The summed E-state index contributed by atoms with van der Waals surface area (Å²) in [6, 6.07) is 3.76. The third-order valence-corrected chi connectivity index (χ3v) is 2.27. The van der Waals surface area contributed by atoms with Gasteiger partial charge in [0.2, 0.25) is 0 Å². The lowest BCUT2D eigenvalue weighted by Gasteiger charge is -2.01. The summed E-state index contributed by atoms with van der Waals surface area (Å²) in [5, 5.41) is 0. The predicted molar refractivity (Wildman–Crippen MR) is 61.6 cm³/mol. The van der Waals surface area contributed by atoms with E-state index in [4.69, 9.17) is 24.4 Å². The SMILES string of the molecule is S=c1nccc(Cc2ccnc(=S)[nH]2)[nH]1. The minimum Gasteiger partial charge on any atom is -0.334 e. The van der Waals surface area contributed by atoms with Crippen molar-refractivity contribution in [2.75, 3.05) is 0 Å². The highest BCUT2D eigenvalue weighted by Crippen LogP contribution is 2.02. The van der Waals surface area contributed by atoms with E-state index in [1.807, 2.05) is 12.1 Å². The van der Waals surface area contributed by atoms with Crippen LogP contribution < -0.4 is 0 Å². The Morgan fingerprint density at radius 2 is 1.40 bits per heavy atom. The summed E-state index contributed by atoms with van der Waals surface area (Å²) < 4.78 is 0.973. The summed E-state index contributed by atoms with van der Waals surface area (Å²) in [6.07, 6.45) is 4.08. The van der Waals surface area contributed by atoms with E-state index in [2.05, 4.69) is 19.9 Å². The largest absolute Gasteiger partial charge is 0.334 e. The van der Waals surface area contributed by atoms with Gasteiger partial charge in [-0.1, -0.05) is 0 Å². The van der Waals surface area contributed by atoms with Crippen molar-refractivity contribution in [1.29, 1.82) is 0 Å². The monoisotopic (exact) mass is 236 g/mol. The third kappa shape index (κ3) is 2.77. The number of hydrogen-bond donors (Lipinski definition) is 2. The number of rotatable bonds is 2. The van der Waals surface area contributed by atoms with Crippen LogP contribution >= 0.6 is 24.4 Å². The molecular formula is C9H8N4S2. The normalized spacial score (nSPS) is 10.1. The van der Waals surface area contributed by atoms with Crippen molar-refractivity contribution in [1.82, 2.24) is 19.9 Å². The summed E-state index contributed by atoms with van der Waals surface area (Å²) in [6.45, 7) is 0. The van der Waals surface area contributed by atoms with Crippen LogP contribution in [0.4, 0.5) is 0 Å². The van der Waals surface area contributed by atoms with Crippen molar-refractivity contribution in [3.05, 3.63) is 45.5 Å². The van der Waals surface area contributed by atoms with E-state index in [0.717, 1.165) is 11.4 Å². The first-order chi connectivity index (χ1) is 7.24. The quantitative estimate of drug-likeness (QED) is 0.785. The van der Waals surface area contributed by atoms with Gasteiger partial charge in [0.1, 0.15) is 0 Å². The fourth-order valence-corrected chi connectivity index (χ4v) is 1.61. The number of H-pyrrole nitrogens is 2. The molecule has 76 valence electrons. The Morgan fingerprint density at radius 3 is 1.80 bits per heavy atom. The van der Waals surface area contributed by atoms with E-state index in [-0.39, 0.29) is 0 Å². The smallest absolute Gasteiger partial charge is 0.196 e. The fraction of sp³-hybridized carbons (Fsp3) is 0.111. The molecule has 2 aromatic rings. The summed E-state index contributed by atoms with van der Waals surface area (Å²) in [5.41, 5.74) is 1.98. The van der Waals surface area contributed by atoms with Gasteiger partial charge in [0.05, 0.1) is 0 Å². The molecule has 2 heterocycles. The topological polar surface area (TPSA) is 57.4 Å². The average Bonchev–Trinajstić information content (AvgIpc) is 2.17. The zero-order valence-corrected chi connectivity index (χ0v) is 9.36. The number of aromatic nitrogens is 4. The van der Waals surface area contributed by atoms with E-state index >= 15 is 0 Å². The maximum absolute atomic E-state index is 4.93. The fourth-order valence-electron chi connectivity index (χ4n) is 1.22. The summed E-state index contributed by atoms with van der Waals surface area (Å²) >= 11 is 9.86. The Kier molecular flexibility index (Phi) is 2.98. The second-order valence-corrected chi connectivity index (χ2v) is 3.75. The van der Waals surface area contributed by atoms with Crippen LogP contribution in [0.5, 0.6) is 0 Å². The van der Waals surface area contributed by atoms with E-state index < -0.39 is 0 Å². The Hall–Kier alpha value is -1.40. The van der Waals surface area contributed by atoms with Gasteiger partial charge in [0, 0.05) is 30.2 Å². The standard InChI is InChI=1S/C9H8N4S2/c14-8-10-3-1-6(12-8)5-7-2-4-11-9(15)13-7/h1-4H,5H2,(H,10,12,14)(H,11,13,15). The molecule has 0 radical (unpaired) electrons. The molecule has 0 spiro atoms. The van der Waals surface area contributed by atoms with Crippen molar-refractivity contribution in [2.24, 2.45) is 0 Å². The predicted octanol–water partition coefficient (Wildman–Crippen LogP) is 2.18. The lowest BCUT2D eigenvalue weighted by molar-refractivity contribution is 0.951. The first-order valence-electron chi connectivity index (χ1n) is 4.32. The third-order valence-electron chi connectivity index (χ3n) is 1.85. The molecule has 2 N–H and O–H groups in total. The Balaban J connectivity index is 2.29. The highest BCUT2D eigenvalue weighted by molar-refractivity contribution is 7.71. The molecule has 0 aliphatic heterocycles. The van der Waals surface area contributed by atoms with Crippen LogP contribution in [0.15, 0.2) is 24.5 Å². The zero-order valence-electron chi connectivity index (χ0n) is 7.73. The van der Waals surface area contributed by atoms with Crippen LogP contribution in [0.3, 0.4) is 0 Å². The molecule has 0 saturated carbocycles. The molecule has 2 aromatic heterocycles. The molecular weight excluding hydrogens is 228 g/mol. The first kappa shape index (κ1) is 10.1. The van der Waals surface area contributed by atoms with Gasteiger partial charge in [-0.25, -0.2) is 9.97 Å². The van der Waals surface area contributed by atoms with Gasteiger partial charge in [-0.15, -0.1) is 0 Å². The van der Waals surface area contributed by atoms with Crippen molar-refractivity contribution < 1.29 is 0 Å². The van der Waals surface area contributed by atoms with Gasteiger partial charge in [-0.2, -0.15) is 0 Å². The maximum Gasteiger partial charge on any atom is 0.196 e. The zero-order chi connectivity index (χ0) is 10.7. The molecule has 4 nitrogen and oxygen atoms in total. The lowest BCUT2D eigenvalue weighted by Crippen LogP contribution is -1.96. The van der Waals surface area contributed by atoms with Gasteiger partial charge < -0.3 is 9.97 Å². The molecule has 2 rings (SSSR count). The highest BCUT2D eigenvalue weighted by Gasteiger charge is 1.96. The van der Waals surface area contributed by atoms with Crippen LogP contribution in [-0.2, 0) is 6.42 Å². The minimum absolute atomic E-state index is 0.486. The number of hydrogen-bond acceptors (Lipinski definition) is 4. The lowest BCUT2D eigenvalue weighted by atomic mass is 10.2. The highest BCUT2D eigenvalue weighted by atomic mass is 32.1. The molecule has 0 aliphatic carbocycles. The van der Waals surface area contributed by atoms with Crippen molar-refractivity contribution in [3.8, 4) is 0 Å². The first-order valence-corrected chi connectivity index (χ1v) is 5.14. The van der Waals surface area contributed by atoms with Gasteiger partial charge in [0.25, 0.3) is 0 Å². The second kappa shape index (κ2) is 4.41. The molecule has 6 heteroatoms. The van der Waals surface area contributed by atoms with Crippen LogP contribution in [-0.4, -0.2) is 19.9 Å². The summed E-state index contributed by atoms with van der Waals surface area (Å²) in [4.78, 5) is 13.8. The van der Waals surface area contributed by atoms with Gasteiger partial charge >= 0.3 is 0 Å². The van der Waals surface area contributed by atoms with Crippen molar-refractivity contribution in [2.45, 2.75) is 6.42 Å². The molecule has 0 saturated heterocycles. The maximum atomic E-state index is 4.93. The molecule has 0 amide bonds. The summed E-state index contributed by atoms with van der Waals surface area (Å²) in [5.74, 6) is 0. The van der Waals surface area contributed by atoms with Crippen LogP contribution in [0.25, 0.3) is 0 Å². The summed E-state index contributed by atoms with van der Waals surface area (Å²) in [7, 11) is 0. The van der Waals surface area contributed by atoms with Crippen LogP contribution in [0.1, 0.15) is 11.4 Å². The number of nitrogens with zero attached hydrogens (tertiary/aromatic N) is 2. The van der Waals surface area contributed by atoms with E-state index in [0.29, 0.717) is 16.0 Å². The van der Waals surface area contributed by atoms with Gasteiger partial charge in [-0.05, 0) is 36.6 Å². The van der Waals surface area contributed by atoms with Crippen LogP contribution in [0, 0.1) is 9.54 Å². The number of nitrogens with one attached hydrogen (secondary N) is 2. The minimum atomic E-state index is 0.486. The Bertz CT molecular complexity index is 521. The van der Waals surface area contributed by atoms with Crippen LogP contribution in [0.2, 0.25) is 0 Å². The molecule has 0 fully saturated rings. The van der Waals surface area contributed by atoms with E-state index in [1.54, 1.807) is 12.4 Å². The molecule has 0 unspecified atom stereocenters. The van der Waals surface area contributed by atoms with Gasteiger partial charge in [-0.3, -0.25) is 0 Å². The molecule has 0 aliphatic rings. The van der Waals surface area contributed by atoms with Gasteiger partial charge in [0.15, 0.2) is 9.54 Å².